The van der Waals surface area contributed by atoms with E-state index in [-0.39, 0.29) is 4.87 Å². The minimum absolute atomic E-state index is 0.00694. The molecule has 0 rings (SSSR count). The van der Waals surface area contributed by atoms with Gasteiger partial charge in [0.2, 0.25) is 0 Å². The predicted molar refractivity (Wildman–Crippen MR) is 62.4 cm³/mol. The van der Waals surface area contributed by atoms with Gasteiger partial charge in [-0.2, -0.15) is 0 Å². The van der Waals surface area contributed by atoms with Crippen LogP contribution in [-0.2, 0) is 0 Å². The zero-order valence-corrected chi connectivity index (χ0v) is 10.6. The van der Waals surface area contributed by atoms with Crippen molar-refractivity contribution in [3.8, 4) is 0 Å². The van der Waals surface area contributed by atoms with Gasteiger partial charge >= 0.3 is 0 Å². The van der Waals surface area contributed by atoms with Crippen molar-refractivity contribution in [3.05, 3.63) is 0 Å². The third kappa shape index (κ3) is 3.16. The van der Waals surface area contributed by atoms with E-state index < -0.39 is 0 Å². The van der Waals surface area contributed by atoms with Gasteiger partial charge in [-0.1, -0.05) is 53.4 Å². The van der Waals surface area contributed by atoms with E-state index in [1.807, 2.05) is 0 Å². The summed E-state index contributed by atoms with van der Waals surface area (Å²) < 4.78 is 0. The van der Waals surface area contributed by atoms with E-state index in [2.05, 4.69) is 34.6 Å². The summed E-state index contributed by atoms with van der Waals surface area (Å²) in [5, 5.41) is 0. The van der Waals surface area contributed by atoms with Gasteiger partial charge in [0, 0.05) is 4.87 Å². The predicted octanol–water partition coefficient (Wildman–Crippen LogP) is 4.86. The van der Waals surface area contributed by atoms with Gasteiger partial charge in [0.15, 0.2) is 0 Å². The summed E-state index contributed by atoms with van der Waals surface area (Å²) in [5.41, 5.74) is 0. The molecule has 0 fully saturated rings. The normalized spacial score (nSPS) is 12.9. The van der Waals surface area contributed by atoms with Crippen LogP contribution in [0.2, 0.25) is 0 Å². The van der Waals surface area contributed by atoms with Crippen molar-refractivity contribution in [1.82, 2.24) is 0 Å². The Morgan fingerprint density at radius 2 is 1.08 bits per heavy atom. The second-order valence-corrected chi connectivity index (χ2v) is 4.99. The Labute approximate surface area is 89.1 Å². The molecule has 0 amide bonds. The molecular formula is C12H25Cl. The van der Waals surface area contributed by atoms with Gasteiger partial charge in [-0.25, -0.2) is 0 Å². The van der Waals surface area contributed by atoms with E-state index in [1.54, 1.807) is 0 Å². The summed E-state index contributed by atoms with van der Waals surface area (Å²) in [6, 6.07) is 0. The van der Waals surface area contributed by atoms with Crippen LogP contribution in [0.1, 0.15) is 60.3 Å². The first-order chi connectivity index (χ1) is 6.04. The molecule has 0 aromatic heterocycles. The van der Waals surface area contributed by atoms with E-state index in [1.165, 1.54) is 25.7 Å². The Balaban J connectivity index is 4.48. The highest BCUT2D eigenvalue weighted by atomic mass is 35.5. The molecule has 0 bridgehead atoms. The number of rotatable bonds is 6. The molecule has 0 radical (unpaired) electrons. The quantitative estimate of drug-likeness (QED) is 0.543. The molecule has 1 heteroatoms. The van der Waals surface area contributed by atoms with Crippen molar-refractivity contribution in [1.29, 1.82) is 0 Å². The van der Waals surface area contributed by atoms with E-state index in [0.29, 0.717) is 11.8 Å². The second-order valence-electron chi connectivity index (χ2n) is 4.18. The zero-order chi connectivity index (χ0) is 10.5. The van der Waals surface area contributed by atoms with Crippen LogP contribution in [0.3, 0.4) is 0 Å². The molecule has 80 valence electrons. The summed E-state index contributed by atoms with van der Waals surface area (Å²) in [6.45, 7) is 11.2. The van der Waals surface area contributed by atoms with E-state index >= 15 is 0 Å². The van der Waals surface area contributed by atoms with Crippen molar-refractivity contribution < 1.29 is 0 Å². The molecule has 0 nitrogen and oxygen atoms in total. The second kappa shape index (κ2) is 5.90. The van der Waals surface area contributed by atoms with Crippen molar-refractivity contribution in [3.63, 3.8) is 0 Å². The van der Waals surface area contributed by atoms with Gasteiger partial charge in [-0.15, -0.1) is 11.6 Å². The van der Waals surface area contributed by atoms with Gasteiger partial charge < -0.3 is 0 Å². The highest BCUT2D eigenvalue weighted by Gasteiger charge is 2.35. The lowest BCUT2D eigenvalue weighted by Gasteiger charge is -2.37. The summed E-state index contributed by atoms with van der Waals surface area (Å²) in [5.74, 6) is 1.33. The SMILES string of the molecule is CCC(CC)C(C)(Cl)C(CC)CC. The smallest absolute Gasteiger partial charge is 0.0474 e. The maximum absolute atomic E-state index is 6.67. The molecule has 0 spiro atoms. The highest BCUT2D eigenvalue weighted by molar-refractivity contribution is 6.24. The molecule has 0 unspecified atom stereocenters. The van der Waals surface area contributed by atoms with Crippen LogP contribution in [0.25, 0.3) is 0 Å². The maximum Gasteiger partial charge on any atom is 0.0474 e. The van der Waals surface area contributed by atoms with Gasteiger partial charge in [0.05, 0.1) is 0 Å². The van der Waals surface area contributed by atoms with Crippen LogP contribution in [0.4, 0.5) is 0 Å². The molecule has 0 aliphatic heterocycles. The minimum atomic E-state index is 0.00694. The minimum Gasteiger partial charge on any atom is -0.119 e. The fraction of sp³-hybridized carbons (Fsp3) is 1.00. The monoisotopic (exact) mass is 204 g/mol. The van der Waals surface area contributed by atoms with Crippen LogP contribution >= 0.6 is 11.6 Å². The first-order valence-electron chi connectivity index (χ1n) is 5.73. The third-order valence-electron chi connectivity index (χ3n) is 3.57. The lowest BCUT2D eigenvalue weighted by Crippen LogP contribution is -2.36. The average molecular weight is 205 g/mol. The van der Waals surface area contributed by atoms with Gasteiger partial charge in [-0.05, 0) is 18.8 Å². The van der Waals surface area contributed by atoms with Crippen molar-refractivity contribution in [2.24, 2.45) is 11.8 Å². The third-order valence-corrected chi connectivity index (χ3v) is 4.18. The molecule has 0 N–H and O–H groups in total. The summed E-state index contributed by atoms with van der Waals surface area (Å²) >= 11 is 6.67. The molecule has 0 aliphatic rings. The maximum atomic E-state index is 6.67. The van der Waals surface area contributed by atoms with Crippen LogP contribution in [-0.4, -0.2) is 4.87 Å². The van der Waals surface area contributed by atoms with Crippen molar-refractivity contribution in [2.45, 2.75) is 65.2 Å². The Morgan fingerprint density at radius 1 is 0.846 bits per heavy atom. The van der Waals surface area contributed by atoms with Gasteiger partial charge in [0.1, 0.15) is 0 Å². The van der Waals surface area contributed by atoms with Gasteiger partial charge in [0.25, 0.3) is 0 Å². The average Bonchev–Trinajstić information content (AvgIpc) is 2.07. The standard InChI is InChI=1S/C12H25Cl/c1-6-10(7-2)12(5,13)11(8-3)9-4/h10-11H,6-9H2,1-5H3. The first-order valence-corrected chi connectivity index (χ1v) is 6.11. The molecule has 0 aromatic carbocycles. The Hall–Kier alpha value is 0.290. The molecule has 0 atom stereocenters. The topological polar surface area (TPSA) is 0 Å². The Morgan fingerprint density at radius 3 is 1.23 bits per heavy atom. The van der Waals surface area contributed by atoms with Crippen molar-refractivity contribution >= 4 is 11.6 Å². The molecule has 13 heavy (non-hydrogen) atoms. The lowest BCUT2D eigenvalue weighted by molar-refractivity contribution is 0.252. The van der Waals surface area contributed by atoms with Crippen LogP contribution in [0.15, 0.2) is 0 Å². The summed E-state index contributed by atoms with van der Waals surface area (Å²) in [7, 11) is 0. The number of hydrogen-bond acceptors (Lipinski definition) is 0. The number of halogens is 1. The van der Waals surface area contributed by atoms with E-state index in [9.17, 15) is 0 Å². The fourth-order valence-electron chi connectivity index (χ4n) is 2.51. The molecule has 0 aliphatic carbocycles. The highest BCUT2D eigenvalue weighted by Crippen LogP contribution is 2.40. The Bertz CT molecular complexity index is 107. The Kier molecular flexibility index (Phi) is 6.04. The molecule has 0 heterocycles. The molecule has 0 saturated carbocycles. The number of alkyl halides is 1. The molecule has 0 aromatic rings. The summed E-state index contributed by atoms with van der Waals surface area (Å²) in [4.78, 5) is 0.00694. The van der Waals surface area contributed by atoms with Crippen molar-refractivity contribution in [2.75, 3.05) is 0 Å². The van der Waals surface area contributed by atoms with Crippen LogP contribution < -0.4 is 0 Å². The van der Waals surface area contributed by atoms with Crippen LogP contribution in [0, 0.1) is 11.8 Å². The molecular weight excluding hydrogens is 180 g/mol. The fourth-order valence-corrected chi connectivity index (χ4v) is 3.12. The summed E-state index contributed by atoms with van der Waals surface area (Å²) in [6.07, 6.45) is 4.81. The van der Waals surface area contributed by atoms with Crippen LogP contribution in [0.5, 0.6) is 0 Å². The van der Waals surface area contributed by atoms with E-state index in [0.717, 1.165) is 0 Å². The molecule has 0 saturated heterocycles. The van der Waals surface area contributed by atoms with E-state index in [4.69, 9.17) is 11.6 Å². The zero-order valence-electron chi connectivity index (χ0n) is 9.86. The van der Waals surface area contributed by atoms with Gasteiger partial charge in [-0.3, -0.25) is 0 Å². The lowest BCUT2D eigenvalue weighted by atomic mass is 9.77. The largest absolute Gasteiger partial charge is 0.119 e. The first kappa shape index (κ1) is 13.3. The number of hydrogen-bond donors (Lipinski definition) is 0.